The van der Waals surface area contributed by atoms with Crippen LogP contribution < -0.4 is 5.32 Å². The van der Waals surface area contributed by atoms with Crippen molar-refractivity contribution < 1.29 is 9.90 Å². The number of pyridine rings is 1. The molecule has 2 N–H and O–H groups in total. The summed E-state index contributed by atoms with van der Waals surface area (Å²) in [5.41, 5.74) is 1.08. The average molecular weight is 180 g/mol. The minimum Gasteiger partial charge on any atom is -0.477 e. The van der Waals surface area contributed by atoms with Crippen molar-refractivity contribution in [2.75, 3.05) is 6.54 Å². The number of aromatic nitrogens is 1. The Morgan fingerprint density at radius 1 is 1.62 bits per heavy atom. The van der Waals surface area contributed by atoms with Crippen molar-refractivity contribution >= 4 is 5.97 Å². The van der Waals surface area contributed by atoms with E-state index in [0.717, 1.165) is 18.7 Å². The lowest BCUT2D eigenvalue weighted by Crippen LogP contribution is -2.12. The Morgan fingerprint density at radius 2 is 2.38 bits per heavy atom. The van der Waals surface area contributed by atoms with Crippen LogP contribution in [0, 0.1) is 0 Å². The molecule has 13 heavy (non-hydrogen) atoms. The van der Waals surface area contributed by atoms with Gasteiger partial charge in [-0.3, -0.25) is 0 Å². The maximum atomic E-state index is 10.4. The zero-order valence-electron chi connectivity index (χ0n) is 7.45. The van der Waals surface area contributed by atoms with Crippen LogP contribution in [-0.2, 0) is 6.54 Å². The summed E-state index contributed by atoms with van der Waals surface area (Å²) < 4.78 is 0. The van der Waals surface area contributed by atoms with Crippen molar-refractivity contribution in [2.24, 2.45) is 0 Å². The highest BCUT2D eigenvalue weighted by atomic mass is 16.4. The lowest BCUT2D eigenvalue weighted by atomic mass is 10.2. The van der Waals surface area contributed by atoms with Gasteiger partial charge in [0.2, 0.25) is 0 Å². The maximum Gasteiger partial charge on any atom is 0.354 e. The van der Waals surface area contributed by atoms with E-state index < -0.39 is 5.97 Å². The van der Waals surface area contributed by atoms with Crippen LogP contribution in [0.15, 0.2) is 18.3 Å². The zero-order chi connectivity index (χ0) is 9.68. The van der Waals surface area contributed by atoms with Crippen LogP contribution in [0.1, 0.15) is 23.0 Å². The predicted molar refractivity (Wildman–Crippen MR) is 48.6 cm³/mol. The second-order valence-corrected chi connectivity index (χ2v) is 2.64. The van der Waals surface area contributed by atoms with Crippen molar-refractivity contribution in [2.45, 2.75) is 13.5 Å². The molecule has 0 aliphatic rings. The smallest absolute Gasteiger partial charge is 0.354 e. The molecular weight excluding hydrogens is 168 g/mol. The van der Waals surface area contributed by atoms with Gasteiger partial charge in [0.05, 0.1) is 0 Å². The highest BCUT2D eigenvalue weighted by Crippen LogP contribution is 1.99. The molecule has 1 aromatic heterocycles. The van der Waals surface area contributed by atoms with Crippen LogP contribution in [0.5, 0.6) is 0 Å². The third kappa shape index (κ3) is 2.83. The quantitative estimate of drug-likeness (QED) is 0.722. The Kier molecular flexibility index (Phi) is 3.40. The average Bonchev–Trinajstić information content (AvgIpc) is 2.15. The van der Waals surface area contributed by atoms with Crippen molar-refractivity contribution in [1.82, 2.24) is 10.3 Å². The molecule has 0 bridgehead atoms. The molecule has 1 rings (SSSR count). The lowest BCUT2D eigenvalue weighted by Gasteiger charge is -2.00. The van der Waals surface area contributed by atoms with E-state index in [1.807, 2.05) is 6.92 Å². The van der Waals surface area contributed by atoms with Crippen molar-refractivity contribution in [1.29, 1.82) is 0 Å². The van der Waals surface area contributed by atoms with Gasteiger partial charge in [-0.05, 0) is 18.2 Å². The summed E-state index contributed by atoms with van der Waals surface area (Å²) in [6.45, 7) is 3.63. The molecule has 0 radical (unpaired) electrons. The first-order valence-corrected chi connectivity index (χ1v) is 4.13. The summed E-state index contributed by atoms with van der Waals surface area (Å²) in [5, 5.41) is 11.7. The number of carboxylic acid groups (broad SMARTS) is 1. The predicted octanol–water partition coefficient (Wildman–Crippen LogP) is 0.889. The molecule has 0 saturated carbocycles. The molecule has 4 heteroatoms. The maximum absolute atomic E-state index is 10.4. The number of aromatic carboxylic acids is 1. The van der Waals surface area contributed by atoms with E-state index in [0.29, 0.717) is 0 Å². The number of nitrogens with one attached hydrogen (secondary N) is 1. The molecule has 0 amide bonds. The summed E-state index contributed by atoms with van der Waals surface area (Å²) in [6.07, 6.45) is 1.58. The third-order valence-corrected chi connectivity index (χ3v) is 1.62. The monoisotopic (exact) mass is 180 g/mol. The van der Waals surface area contributed by atoms with Gasteiger partial charge in [-0.1, -0.05) is 13.0 Å². The summed E-state index contributed by atoms with van der Waals surface area (Å²) in [5.74, 6) is -0.991. The van der Waals surface area contributed by atoms with Crippen molar-refractivity contribution in [3.63, 3.8) is 0 Å². The standard InChI is InChI=1S/C9H12N2O2/c1-2-10-5-7-3-4-8(9(12)13)11-6-7/h3-4,6,10H,2,5H2,1H3,(H,12,13). The number of nitrogens with zero attached hydrogens (tertiary/aromatic N) is 1. The molecule has 4 nitrogen and oxygen atoms in total. The topological polar surface area (TPSA) is 62.2 Å². The van der Waals surface area contributed by atoms with Gasteiger partial charge in [0.15, 0.2) is 0 Å². The molecule has 70 valence electrons. The van der Waals surface area contributed by atoms with Crippen LogP contribution in [0.25, 0.3) is 0 Å². The van der Waals surface area contributed by atoms with E-state index in [9.17, 15) is 4.79 Å². The van der Waals surface area contributed by atoms with Crippen molar-refractivity contribution in [3.8, 4) is 0 Å². The third-order valence-electron chi connectivity index (χ3n) is 1.62. The molecule has 0 aliphatic carbocycles. The molecule has 0 spiro atoms. The molecule has 0 unspecified atom stereocenters. The number of hydrogen-bond acceptors (Lipinski definition) is 3. The van der Waals surface area contributed by atoms with E-state index in [2.05, 4.69) is 10.3 Å². The first-order chi connectivity index (χ1) is 6.24. The minimum absolute atomic E-state index is 0.0836. The Morgan fingerprint density at radius 3 is 2.85 bits per heavy atom. The van der Waals surface area contributed by atoms with Gasteiger partial charge >= 0.3 is 5.97 Å². The van der Waals surface area contributed by atoms with E-state index in [1.165, 1.54) is 6.07 Å². The summed E-state index contributed by atoms with van der Waals surface area (Å²) in [6, 6.07) is 3.27. The van der Waals surface area contributed by atoms with E-state index in [1.54, 1.807) is 12.3 Å². The largest absolute Gasteiger partial charge is 0.477 e. The number of rotatable bonds is 4. The molecule has 0 saturated heterocycles. The fourth-order valence-corrected chi connectivity index (χ4v) is 0.925. The van der Waals surface area contributed by atoms with Gasteiger partial charge in [0, 0.05) is 12.7 Å². The van der Waals surface area contributed by atoms with Gasteiger partial charge in [0.25, 0.3) is 0 Å². The zero-order valence-corrected chi connectivity index (χ0v) is 7.45. The van der Waals surface area contributed by atoms with E-state index in [-0.39, 0.29) is 5.69 Å². The Bertz CT molecular complexity index is 282. The molecule has 0 atom stereocenters. The highest BCUT2D eigenvalue weighted by Gasteiger charge is 2.02. The fraction of sp³-hybridized carbons (Fsp3) is 0.333. The van der Waals surface area contributed by atoms with Crippen molar-refractivity contribution in [3.05, 3.63) is 29.6 Å². The Hall–Kier alpha value is -1.42. The fourth-order valence-electron chi connectivity index (χ4n) is 0.925. The van der Waals surface area contributed by atoms with E-state index in [4.69, 9.17) is 5.11 Å². The molecule has 0 fully saturated rings. The van der Waals surface area contributed by atoms with Gasteiger partial charge in [-0.15, -0.1) is 0 Å². The van der Waals surface area contributed by atoms with Gasteiger partial charge in [-0.25, -0.2) is 9.78 Å². The van der Waals surface area contributed by atoms with E-state index >= 15 is 0 Å². The Labute approximate surface area is 76.6 Å². The minimum atomic E-state index is -0.991. The lowest BCUT2D eigenvalue weighted by molar-refractivity contribution is 0.0690. The van der Waals surface area contributed by atoms with Crippen LogP contribution in [0.3, 0.4) is 0 Å². The van der Waals surface area contributed by atoms with Crippen LogP contribution in [0.4, 0.5) is 0 Å². The highest BCUT2D eigenvalue weighted by molar-refractivity contribution is 5.85. The Balaban J connectivity index is 2.64. The number of carbonyl (C=O) groups is 1. The second-order valence-electron chi connectivity index (χ2n) is 2.64. The summed E-state index contributed by atoms with van der Waals surface area (Å²) in [7, 11) is 0. The first-order valence-electron chi connectivity index (χ1n) is 4.13. The summed E-state index contributed by atoms with van der Waals surface area (Å²) in [4.78, 5) is 14.2. The molecule has 0 aliphatic heterocycles. The molecular formula is C9H12N2O2. The SMILES string of the molecule is CCNCc1ccc(C(=O)O)nc1. The summed E-state index contributed by atoms with van der Waals surface area (Å²) >= 11 is 0. The number of hydrogen-bond donors (Lipinski definition) is 2. The molecule has 1 heterocycles. The molecule has 0 aromatic carbocycles. The first kappa shape index (κ1) is 9.67. The van der Waals surface area contributed by atoms with Crippen LogP contribution in [0.2, 0.25) is 0 Å². The van der Waals surface area contributed by atoms with Gasteiger partial charge < -0.3 is 10.4 Å². The van der Waals surface area contributed by atoms with Gasteiger partial charge in [0.1, 0.15) is 5.69 Å². The van der Waals surface area contributed by atoms with Crippen LogP contribution >= 0.6 is 0 Å². The van der Waals surface area contributed by atoms with Crippen LogP contribution in [-0.4, -0.2) is 22.6 Å². The van der Waals surface area contributed by atoms with Gasteiger partial charge in [-0.2, -0.15) is 0 Å². The number of carboxylic acids is 1. The molecule has 1 aromatic rings. The normalized spacial score (nSPS) is 9.92. The second kappa shape index (κ2) is 4.57.